The molecule has 3 heterocycles. The Balaban J connectivity index is 1.39. The van der Waals surface area contributed by atoms with Gasteiger partial charge < -0.3 is 20.5 Å². The van der Waals surface area contributed by atoms with E-state index < -0.39 is 0 Å². The molecule has 0 amide bonds. The van der Waals surface area contributed by atoms with Crippen LogP contribution in [0.2, 0.25) is 0 Å². The molecule has 1 aliphatic heterocycles. The van der Waals surface area contributed by atoms with Gasteiger partial charge in [0.25, 0.3) is 0 Å². The summed E-state index contributed by atoms with van der Waals surface area (Å²) in [6, 6.07) is 13.5. The Morgan fingerprint density at radius 1 is 1.21 bits per heavy atom. The third kappa shape index (κ3) is 4.70. The molecule has 1 saturated heterocycles. The van der Waals surface area contributed by atoms with Gasteiger partial charge in [-0.15, -0.1) is 0 Å². The molecule has 3 unspecified atom stereocenters. The fourth-order valence-corrected chi connectivity index (χ4v) is 4.17. The highest BCUT2D eigenvalue weighted by molar-refractivity contribution is 5.87. The van der Waals surface area contributed by atoms with Crippen LogP contribution in [-0.2, 0) is 0 Å². The van der Waals surface area contributed by atoms with Gasteiger partial charge in [0.05, 0.1) is 5.39 Å². The van der Waals surface area contributed by atoms with E-state index in [0.29, 0.717) is 18.0 Å². The molecular formula is C23H32N6. The Labute approximate surface area is 173 Å². The molecule has 3 aromatic rings. The van der Waals surface area contributed by atoms with Crippen molar-refractivity contribution in [2.45, 2.75) is 45.2 Å². The highest BCUT2D eigenvalue weighted by Crippen LogP contribution is 2.25. The maximum absolute atomic E-state index is 4.58. The van der Waals surface area contributed by atoms with E-state index >= 15 is 0 Å². The molecule has 0 aliphatic carbocycles. The summed E-state index contributed by atoms with van der Waals surface area (Å²) in [5, 5.41) is 8.68. The van der Waals surface area contributed by atoms with E-state index in [2.05, 4.69) is 80.7 Å². The summed E-state index contributed by atoms with van der Waals surface area (Å²) < 4.78 is 0. The van der Waals surface area contributed by atoms with Gasteiger partial charge in [-0.05, 0) is 37.0 Å². The first-order valence-electron chi connectivity index (χ1n) is 10.8. The molecule has 6 nitrogen and oxygen atoms in total. The zero-order chi connectivity index (χ0) is 20.1. The molecule has 6 heteroatoms. The van der Waals surface area contributed by atoms with Crippen LogP contribution in [0.4, 0.5) is 11.5 Å². The van der Waals surface area contributed by atoms with E-state index in [1.807, 2.05) is 6.20 Å². The zero-order valence-electron chi connectivity index (χ0n) is 17.4. The van der Waals surface area contributed by atoms with Gasteiger partial charge in [0.15, 0.2) is 0 Å². The quantitative estimate of drug-likeness (QED) is 0.540. The summed E-state index contributed by atoms with van der Waals surface area (Å²) in [5.41, 5.74) is 2.11. The average molecular weight is 393 g/mol. The molecule has 0 saturated carbocycles. The molecule has 4 rings (SSSR count). The molecule has 1 aromatic carbocycles. The van der Waals surface area contributed by atoms with Crippen molar-refractivity contribution in [2.24, 2.45) is 5.92 Å². The second-order valence-electron chi connectivity index (χ2n) is 8.13. The number of para-hydroxylation sites is 1. The fourth-order valence-electron chi connectivity index (χ4n) is 4.17. The minimum Gasteiger partial charge on any atom is -0.381 e. The van der Waals surface area contributed by atoms with Crippen molar-refractivity contribution >= 4 is 22.5 Å². The Morgan fingerprint density at radius 3 is 2.90 bits per heavy atom. The topological polar surface area (TPSA) is 68.9 Å². The first kappa shape index (κ1) is 19.7. The van der Waals surface area contributed by atoms with Gasteiger partial charge in [0.2, 0.25) is 0 Å². The van der Waals surface area contributed by atoms with Gasteiger partial charge in [-0.3, -0.25) is 0 Å². The van der Waals surface area contributed by atoms with E-state index in [9.17, 15) is 0 Å². The molecule has 1 fully saturated rings. The van der Waals surface area contributed by atoms with Crippen molar-refractivity contribution in [3.05, 3.63) is 48.9 Å². The van der Waals surface area contributed by atoms with E-state index in [1.165, 1.54) is 18.5 Å². The Kier molecular flexibility index (Phi) is 6.30. The summed E-state index contributed by atoms with van der Waals surface area (Å²) in [6.45, 7) is 7.59. The maximum atomic E-state index is 4.58. The van der Waals surface area contributed by atoms with Crippen molar-refractivity contribution in [1.29, 1.82) is 0 Å². The van der Waals surface area contributed by atoms with Crippen LogP contribution >= 0.6 is 0 Å². The minimum absolute atomic E-state index is 0.410. The second-order valence-corrected chi connectivity index (χ2v) is 8.13. The number of piperidine rings is 1. The summed E-state index contributed by atoms with van der Waals surface area (Å²) >= 11 is 0. The van der Waals surface area contributed by atoms with Gasteiger partial charge in [-0.25, -0.2) is 9.97 Å². The number of aromatic nitrogens is 3. The number of hydrogen-bond donors (Lipinski definition) is 3. The van der Waals surface area contributed by atoms with E-state index in [-0.39, 0.29) is 0 Å². The lowest BCUT2D eigenvalue weighted by Gasteiger charge is -2.36. The number of nitrogens with one attached hydrogen (secondary N) is 3. The lowest BCUT2D eigenvalue weighted by molar-refractivity contribution is 0.377. The van der Waals surface area contributed by atoms with Gasteiger partial charge in [0, 0.05) is 43.6 Å². The van der Waals surface area contributed by atoms with Crippen LogP contribution in [-0.4, -0.2) is 46.7 Å². The van der Waals surface area contributed by atoms with Crippen LogP contribution in [0.5, 0.6) is 0 Å². The average Bonchev–Trinajstić information content (AvgIpc) is 3.26. The van der Waals surface area contributed by atoms with Crippen LogP contribution in [0.3, 0.4) is 0 Å². The first-order valence-corrected chi connectivity index (χ1v) is 10.8. The second kappa shape index (κ2) is 9.27. The molecule has 3 atom stereocenters. The Bertz CT molecular complexity index is 893. The van der Waals surface area contributed by atoms with Gasteiger partial charge >= 0.3 is 0 Å². The number of anilines is 2. The number of benzene rings is 1. The fraction of sp³-hybridized carbons (Fsp3) is 0.478. The predicted molar refractivity (Wildman–Crippen MR) is 120 cm³/mol. The van der Waals surface area contributed by atoms with Gasteiger partial charge in [-0.2, -0.15) is 0 Å². The van der Waals surface area contributed by atoms with Gasteiger partial charge in [0.1, 0.15) is 17.8 Å². The van der Waals surface area contributed by atoms with Crippen molar-refractivity contribution in [3.8, 4) is 0 Å². The molecule has 0 spiro atoms. The van der Waals surface area contributed by atoms with Crippen LogP contribution in [0.25, 0.3) is 11.0 Å². The highest BCUT2D eigenvalue weighted by atomic mass is 15.2. The zero-order valence-corrected chi connectivity index (χ0v) is 17.4. The SMILES string of the molecule is CCC(C)C(CNC1CCCN(c2ncnc3[nH]ccc23)C1)Nc1ccccc1. The monoisotopic (exact) mass is 392 g/mol. The Morgan fingerprint density at radius 2 is 2.07 bits per heavy atom. The minimum atomic E-state index is 0.410. The van der Waals surface area contributed by atoms with Crippen molar-refractivity contribution in [1.82, 2.24) is 20.3 Å². The summed E-state index contributed by atoms with van der Waals surface area (Å²) in [4.78, 5) is 14.5. The maximum Gasteiger partial charge on any atom is 0.142 e. The van der Waals surface area contributed by atoms with Crippen LogP contribution in [0.15, 0.2) is 48.9 Å². The van der Waals surface area contributed by atoms with Crippen LogP contribution in [0, 0.1) is 5.92 Å². The lowest BCUT2D eigenvalue weighted by atomic mass is 9.97. The normalized spacial score (nSPS) is 19.2. The number of rotatable bonds is 8. The summed E-state index contributed by atoms with van der Waals surface area (Å²) in [7, 11) is 0. The van der Waals surface area contributed by atoms with Crippen LogP contribution < -0.4 is 15.5 Å². The van der Waals surface area contributed by atoms with E-state index in [1.54, 1.807) is 6.33 Å². The number of H-pyrrole nitrogens is 1. The molecule has 154 valence electrons. The van der Waals surface area contributed by atoms with Crippen molar-refractivity contribution in [3.63, 3.8) is 0 Å². The third-order valence-corrected chi connectivity index (χ3v) is 6.14. The molecule has 1 aliphatic rings. The standard InChI is InChI=1S/C23H32N6/c1-3-17(2)21(28-18-8-5-4-6-9-18)14-25-19-10-7-13-29(15-19)23-20-11-12-24-22(20)26-16-27-23/h4-6,8-9,11-12,16-17,19,21,25,28H,3,7,10,13-15H2,1-2H3,(H,24,26,27). The van der Waals surface area contributed by atoms with Crippen molar-refractivity contribution in [2.75, 3.05) is 29.9 Å². The van der Waals surface area contributed by atoms with E-state index in [0.717, 1.165) is 42.9 Å². The number of fused-ring (bicyclic) bond motifs is 1. The van der Waals surface area contributed by atoms with Gasteiger partial charge in [-0.1, -0.05) is 38.5 Å². The summed E-state index contributed by atoms with van der Waals surface area (Å²) in [5.74, 6) is 1.65. The Hall–Kier alpha value is -2.60. The van der Waals surface area contributed by atoms with E-state index in [4.69, 9.17) is 0 Å². The molecule has 0 radical (unpaired) electrons. The smallest absolute Gasteiger partial charge is 0.142 e. The van der Waals surface area contributed by atoms with Crippen molar-refractivity contribution < 1.29 is 0 Å². The molecule has 3 N–H and O–H groups in total. The molecular weight excluding hydrogens is 360 g/mol. The number of nitrogens with zero attached hydrogens (tertiary/aromatic N) is 3. The van der Waals surface area contributed by atoms with Crippen LogP contribution in [0.1, 0.15) is 33.1 Å². The highest BCUT2D eigenvalue weighted by Gasteiger charge is 2.24. The molecule has 2 aromatic heterocycles. The predicted octanol–water partition coefficient (Wildman–Crippen LogP) is 4.04. The molecule has 0 bridgehead atoms. The third-order valence-electron chi connectivity index (χ3n) is 6.14. The first-order chi connectivity index (χ1) is 14.2. The summed E-state index contributed by atoms with van der Waals surface area (Å²) in [6.07, 6.45) is 7.14. The molecule has 29 heavy (non-hydrogen) atoms. The number of aromatic amines is 1. The lowest BCUT2D eigenvalue weighted by Crippen LogP contribution is -2.49. The largest absolute Gasteiger partial charge is 0.381 e. The number of hydrogen-bond acceptors (Lipinski definition) is 5.